The molecule has 8 aromatic carbocycles. The quantitative estimate of drug-likeness (QED) is 0.0507. The van der Waals surface area contributed by atoms with Crippen LogP contribution in [0.15, 0.2) is 304 Å². The van der Waals surface area contributed by atoms with Crippen molar-refractivity contribution in [3.05, 3.63) is 331 Å². The summed E-state index contributed by atoms with van der Waals surface area (Å²) in [7, 11) is 0. The molecule has 0 saturated carbocycles. The Morgan fingerprint density at radius 1 is 0.339 bits per heavy atom. The zero-order valence-corrected chi connectivity index (χ0v) is 57.7. The number of allylic oxidation sites excluding steroid dienone is 5. The van der Waals surface area contributed by atoms with Gasteiger partial charge >= 0.3 is 0 Å². The highest BCUT2D eigenvalue weighted by molar-refractivity contribution is 6.16. The summed E-state index contributed by atoms with van der Waals surface area (Å²) in [5.74, 6) is 1.18. The Morgan fingerprint density at radius 3 is 1.25 bits per heavy atom. The molecule has 0 saturated heterocycles. The normalized spacial score (nSPS) is 11.8. The molecule has 2 aliphatic rings. The number of benzene rings is 8. The molecule has 0 bridgehead atoms. The maximum absolute atomic E-state index is 13.9. The van der Waals surface area contributed by atoms with Crippen molar-refractivity contribution in [3.8, 4) is 136 Å². The molecule has 1 aliphatic carbocycles. The van der Waals surface area contributed by atoms with E-state index in [0.29, 0.717) is 103 Å². The van der Waals surface area contributed by atoms with Gasteiger partial charge in [-0.2, -0.15) is 25.5 Å². The van der Waals surface area contributed by atoms with Crippen molar-refractivity contribution in [1.29, 1.82) is 0 Å². The number of hydrogen-bond donors (Lipinski definition) is 11. The standard InChI is InChI=1S/C17H14FNO.C15H11FN2O.C14H12N2O.2C13H9FN2O2.C13H10N2O2/c1-11-6-7-15(18)14(8-11)12-9-16(19-10-12)13-4-2-3-5-17(13)20;16-12-7-3-1-5-10(12)13-9-14(18-17-13)11-6-2-4-8-15(11)19;17-14-8-4-3-7-11(14)13-9-12(15-16-13)10-5-1-2-6-10;14-8-3-4-12(17)9(6-8)10-7-11(16-15-10)13-2-1-5-18-13;14-8-3-4-9(12(17)6-8)10-7-11(16-15-10)13-2-1-5-18-13;16-12-5-2-1-4-9(12)10-8-11(15-14-10)13-6-3-7-17-13/h2-9,20H,10H2,1H3;1-9,19H,(H,17,18);1,3-9,17H,2H2,(H,15,16);2*1-7,17H,(H,15,16);1-8,16H,(H,14,15). The van der Waals surface area contributed by atoms with E-state index in [2.05, 4.69) is 74.2 Å². The molecule has 0 radical (unpaired) electrons. The van der Waals surface area contributed by atoms with Crippen LogP contribution in [0, 0.1) is 30.2 Å². The largest absolute Gasteiger partial charge is 0.507 e. The van der Waals surface area contributed by atoms with Crippen LogP contribution in [0.2, 0.25) is 0 Å². The highest BCUT2D eigenvalue weighted by Gasteiger charge is 2.20. The molecule has 24 heteroatoms. The van der Waals surface area contributed by atoms with E-state index in [-0.39, 0.29) is 46.1 Å². The summed E-state index contributed by atoms with van der Waals surface area (Å²) in [5, 5.41) is 93.3. The van der Waals surface area contributed by atoms with E-state index >= 15 is 0 Å². The predicted molar refractivity (Wildman–Crippen MR) is 407 cm³/mol. The van der Waals surface area contributed by atoms with E-state index < -0.39 is 11.6 Å². The lowest BCUT2D eigenvalue weighted by atomic mass is 10.0. The van der Waals surface area contributed by atoms with Gasteiger partial charge in [-0.15, -0.1) is 0 Å². The van der Waals surface area contributed by atoms with Gasteiger partial charge in [-0.05, 0) is 200 Å². The maximum atomic E-state index is 13.9. The number of para-hydroxylation sites is 4. The van der Waals surface area contributed by atoms with Gasteiger partial charge in [0.05, 0.1) is 70.9 Å². The van der Waals surface area contributed by atoms with Gasteiger partial charge in [0, 0.05) is 50.6 Å². The zero-order valence-electron chi connectivity index (χ0n) is 57.7. The minimum atomic E-state index is -0.488. The topological polar surface area (TPSA) is 317 Å². The Kier molecular flexibility index (Phi) is 22.4. The van der Waals surface area contributed by atoms with Gasteiger partial charge < -0.3 is 43.9 Å². The first-order chi connectivity index (χ1) is 53.1. The Hall–Kier alpha value is -14.9. The van der Waals surface area contributed by atoms with Crippen LogP contribution >= 0.6 is 0 Å². The van der Waals surface area contributed by atoms with Gasteiger partial charge in [0.15, 0.2) is 17.3 Å². The number of aromatic nitrogens is 10. The fourth-order valence-electron chi connectivity index (χ4n) is 11.4. The summed E-state index contributed by atoms with van der Waals surface area (Å²) in [6.45, 7) is 2.37. The number of nitrogens with one attached hydrogen (secondary N) is 5. The number of aryl methyl sites for hydroxylation is 1. The number of H-pyrrole nitrogens is 5. The third-order valence-corrected chi connectivity index (χ3v) is 16.9. The third-order valence-electron chi connectivity index (χ3n) is 16.9. The highest BCUT2D eigenvalue weighted by atomic mass is 19.1. The van der Waals surface area contributed by atoms with Gasteiger partial charge in [-0.25, -0.2) is 17.6 Å². The van der Waals surface area contributed by atoms with E-state index in [1.807, 2.05) is 79.7 Å². The molecule has 18 rings (SSSR count). The lowest BCUT2D eigenvalue weighted by Crippen LogP contribution is -1.94. The first kappa shape index (κ1) is 72.4. The second kappa shape index (κ2) is 33.7. The number of phenolic OH excluding ortho intramolecular Hbond substituents is 6. The monoisotopic (exact) mass is 1460 g/mol. The van der Waals surface area contributed by atoms with Gasteiger partial charge in [0.2, 0.25) is 0 Å². The molecule has 0 atom stereocenters. The van der Waals surface area contributed by atoms with Crippen LogP contribution in [0.25, 0.3) is 113 Å². The number of furan rings is 3. The summed E-state index contributed by atoms with van der Waals surface area (Å²) in [6.07, 6.45) is 13.8. The van der Waals surface area contributed by atoms with E-state index in [0.717, 1.165) is 57.6 Å². The molecule has 0 fully saturated rings. The van der Waals surface area contributed by atoms with Crippen LogP contribution < -0.4 is 0 Å². The second-order valence-corrected chi connectivity index (χ2v) is 24.3. The number of halogens is 4. The number of phenols is 6. The van der Waals surface area contributed by atoms with Crippen LogP contribution in [-0.4, -0.2) is 93.9 Å². The summed E-state index contributed by atoms with van der Waals surface area (Å²) in [6, 6.07) is 67.0. The summed E-state index contributed by atoms with van der Waals surface area (Å²) < 4.78 is 69.3. The molecule has 20 nitrogen and oxygen atoms in total. The highest BCUT2D eigenvalue weighted by Crippen LogP contribution is 2.37. The molecule has 1 aliphatic heterocycles. The van der Waals surface area contributed by atoms with E-state index in [1.54, 1.807) is 146 Å². The summed E-state index contributed by atoms with van der Waals surface area (Å²) in [5.41, 5.74) is 15.0. The summed E-state index contributed by atoms with van der Waals surface area (Å²) >= 11 is 0. The lowest BCUT2D eigenvalue weighted by Gasteiger charge is -2.04. The Labute approximate surface area is 619 Å². The van der Waals surface area contributed by atoms with Crippen molar-refractivity contribution in [2.75, 3.05) is 6.54 Å². The molecule has 8 aromatic heterocycles. The van der Waals surface area contributed by atoms with Gasteiger partial charge in [0.1, 0.15) is 74.8 Å². The number of rotatable bonds is 12. The lowest BCUT2D eigenvalue weighted by molar-refractivity contribution is 0.470. The van der Waals surface area contributed by atoms with Crippen molar-refractivity contribution in [3.63, 3.8) is 0 Å². The zero-order chi connectivity index (χ0) is 75.8. The van der Waals surface area contributed by atoms with Crippen molar-refractivity contribution >= 4 is 16.9 Å². The third kappa shape index (κ3) is 17.7. The van der Waals surface area contributed by atoms with E-state index in [4.69, 9.17) is 13.3 Å². The Morgan fingerprint density at radius 2 is 0.752 bits per heavy atom. The number of aromatic amines is 5. The van der Waals surface area contributed by atoms with E-state index in [1.165, 1.54) is 42.5 Å². The van der Waals surface area contributed by atoms with E-state index in [9.17, 15) is 48.2 Å². The molecule has 11 N–H and O–H groups in total. The van der Waals surface area contributed by atoms with Crippen LogP contribution in [0.4, 0.5) is 17.6 Å². The minimum absolute atomic E-state index is 0.0195. The average molecular weight is 1460 g/mol. The predicted octanol–water partition coefficient (Wildman–Crippen LogP) is 19.8. The van der Waals surface area contributed by atoms with Crippen molar-refractivity contribution < 1.29 is 61.5 Å². The Bertz CT molecular complexity index is 5830. The molecular formula is C85H65F4N11O9. The molecule has 542 valence electrons. The molecule has 9 heterocycles. The smallest absolute Gasteiger partial charge is 0.151 e. The molecule has 0 amide bonds. The minimum Gasteiger partial charge on any atom is -0.507 e. The maximum Gasteiger partial charge on any atom is 0.151 e. The number of aliphatic imine (C=N–C) groups is 1. The van der Waals surface area contributed by atoms with Gasteiger partial charge in [-0.1, -0.05) is 90.5 Å². The number of aromatic hydroxyl groups is 6. The summed E-state index contributed by atoms with van der Waals surface area (Å²) in [4.78, 5) is 4.39. The van der Waals surface area contributed by atoms with Crippen LogP contribution in [-0.2, 0) is 0 Å². The van der Waals surface area contributed by atoms with Gasteiger partial charge in [0.25, 0.3) is 0 Å². The fraction of sp³-hybridized carbons (Fsp3) is 0.0353. The molecule has 0 spiro atoms. The van der Waals surface area contributed by atoms with Crippen molar-refractivity contribution in [1.82, 2.24) is 51.0 Å². The molecule has 0 unspecified atom stereocenters. The number of hydrogen-bond acceptors (Lipinski definition) is 15. The number of nitrogens with zero attached hydrogens (tertiary/aromatic N) is 6. The molecule has 109 heavy (non-hydrogen) atoms. The molecule has 16 aromatic rings. The Balaban J connectivity index is 0.000000115. The van der Waals surface area contributed by atoms with Crippen molar-refractivity contribution in [2.45, 2.75) is 13.3 Å². The average Bonchev–Trinajstić information content (AvgIpc) is 1.72. The second-order valence-electron chi connectivity index (χ2n) is 24.3. The first-order valence-corrected chi connectivity index (χ1v) is 33.7. The van der Waals surface area contributed by atoms with Crippen LogP contribution in [0.5, 0.6) is 34.5 Å². The fourth-order valence-corrected chi connectivity index (χ4v) is 11.4. The van der Waals surface area contributed by atoms with Crippen molar-refractivity contribution in [2.24, 2.45) is 4.99 Å². The SMILES string of the molecule is Cc1ccc(F)c(C2=CC(c3ccccc3O)=NC2)c1.Oc1cc(F)ccc1-c1cc(-c2ccco2)[nH]n1.Oc1ccc(F)cc1-c1cc(-c2ccco2)[nH]n1.Oc1ccccc1-c1cc(-c2ccccc2F)[nH]n1.Oc1ccccc1-c1cc(-c2ccco2)[nH]n1.Oc1ccccc1-c1cc(C2=CCC=C2)n[nH]1. The van der Waals surface area contributed by atoms with Crippen LogP contribution in [0.3, 0.4) is 0 Å². The first-order valence-electron chi connectivity index (χ1n) is 33.7. The molecular weight excluding hydrogens is 1390 g/mol. The van der Waals surface area contributed by atoms with Gasteiger partial charge in [-0.3, -0.25) is 30.5 Å². The van der Waals surface area contributed by atoms with Crippen LogP contribution in [0.1, 0.15) is 28.8 Å².